The Kier molecular flexibility index (Phi) is 31.1. The molecule has 3 N–H and O–H groups in total. The number of halogens is 5. The molecule has 602 valence electrons. The van der Waals surface area contributed by atoms with Gasteiger partial charge in [0.1, 0.15) is 53.9 Å². The molecule has 8 rings (SSSR count). The van der Waals surface area contributed by atoms with Crippen molar-refractivity contribution in [2.45, 2.75) is 258 Å². The molecule has 7 fully saturated rings. The normalized spacial score (nSPS) is 31.9. The van der Waals surface area contributed by atoms with Crippen LogP contribution in [0, 0.1) is 35.5 Å². The lowest BCUT2D eigenvalue weighted by Gasteiger charge is -2.46. The van der Waals surface area contributed by atoms with Crippen molar-refractivity contribution >= 4 is 94.1 Å². The van der Waals surface area contributed by atoms with E-state index in [2.05, 4.69) is 16.0 Å². The Balaban J connectivity index is 1.20. The fourth-order valence-electron chi connectivity index (χ4n) is 17.0. The smallest absolute Gasteiger partial charge is 0.383 e. The van der Waals surface area contributed by atoms with Crippen molar-refractivity contribution in [3.8, 4) is 0 Å². The van der Waals surface area contributed by atoms with Crippen molar-refractivity contribution in [2.24, 2.45) is 35.5 Å². The first-order valence-corrected chi connectivity index (χ1v) is 40.0. The maximum absolute atomic E-state index is 15.7. The van der Waals surface area contributed by atoms with Crippen LogP contribution in [0.25, 0.3) is 0 Å². The fraction of sp³-hybridized carbons (Fsp3) is 0.816. The number of amides is 12. The highest BCUT2D eigenvalue weighted by molar-refractivity contribution is 6.30. The molecule has 13 atom stereocenters. The molecule has 3 heterocycles. The number of hydrogen-bond donors (Lipinski definition) is 3. The molecular formula is C76H119Cl2F3N12O14. The molecule has 5 aliphatic carbocycles. The summed E-state index contributed by atoms with van der Waals surface area (Å²) >= 11 is 13.3. The molecule has 107 heavy (non-hydrogen) atoms. The average molecular weight is 1550 g/mol. The quantitative estimate of drug-likeness (QED) is 0.120. The summed E-state index contributed by atoms with van der Waals surface area (Å²) in [7, 11) is 11.5. The van der Waals surface area contributed by atoms with Crippen LogP contribution >= 0.6 is 23.2 Å². The Morgan fingerprint density at radius 3 is 1.90 bits per heavy atom. The highest BCUT2D eigenvalue weighted by Gasteiger charge is 2.54. The molecule has 26 nitrogen and oxygen atoms in total. The number of ether oxygens (including phenoxy) is 2. The number of rotatable bonds is 16. The van der Waals surface area contributed by atoms with E-state index in [0.717, 1.165) is 35.5 Å². The van der Waals surface area contributed by atoms with Crippen LogP contribution in [0.4, 0.5) is 13.2 Å². The molecule has 0 radical (unpaired) electrons. The second-order valence-corrected chi connectivity index (χ2v) is 33.1. The molecule has 12 amide bonds. The molecule has 0 aromatic heterocycles. The second-order valence-electron chi connectivity index (χ2n) is 32.0. The van der Waals surface area contributed by atoms with Crippen LogP contribution in [0.1, 0.15) is 181 Å². The Labute approximate surface area is 639 Å². The minimum atomic E-state index is -4.44. The van der Waals surface area contributed by atoms with Gasteiger partial charge in [0.2, 0.25) is 70.9 Å². The van der Waals surface area contributed by atoms with Crippen molar-refractivity contribution in [1.29, 1.82) is 0 Å². The van der Waals surface area contributed by atoms with Gasteiger partial charge in [-0.2, -0.15) is 13.2 Å². The fourth-order valence-corrected chi connectivity index (χ4v) is 17.7. The summed E-state index contributed by atoms with van der Waals surface area (Å²) in [5, 5.41) is 8.26. The number of alkyl halides is 5. The minimum absolute atomic E-state index is 0.00357. The first-order valence-electron chi connectivity index (χ1n) is 39.1. The molecular weight excluding hydrogens is 1430 g/mol. The number of carbonyl (C=O) groups excluding carboxylic acids is 12. The van der Waals surface area contributed by atoms with Crippen molar-refractivity contribution in [1.82, 2.24) is 60.0 Å². The zero-order valence-electron chi connectivity index (χ0n) is 64.7. The van der Waals surface area contributed by atoms with Gasteiger partial charge in [0.15, 0.2) is 0 Å². The maximum Gasteiger partial charge on any atom is 0.391 e. The van der Waals surface area contributed by atoms with Gasteiger partial charge in [-0.15, -0.1) is 23.2 Å². The summed E-state index contributed by atoms with van der Waals surface area (Å²) in [6.07, 6.45) is 5.42. The van der Waals surface area contributed by atoms with Gasteiger partial charge in [-0.3, -0.25) is 57.5 Å². The molecule has 2 saturated heterocycles. The molecule has 0 aromatic carbocycles. The molecule has 1 spiro atoms. The zero-order valence-corrected chi connectivity index (χ0v) is 66.2. The van der Waals surface area contributed by atoms with Crippen LogP contribution in [0.3, 0.4) is 0 Å². The third-order valence-corrected chi connectivity index (χ3v) is 25.7. The van der Waals surface area contributed by atoms with Gasteiger partial charge in [-0.1, -0.05) is 58.1 Å². The van der Waals surface area contributed by atoms with E-state index in [4.69, 9.17) is 32.7 Å². The highest BCUT2D eigenvalue weighted by atomic mass is 35.5. The van der Waals surface area contributed by atoms with E-state index in [-0.39, 0.29) is 132 Å². The van der Waals surface area contributed by atoms with Gasteiger partial charge in [0, 0.05) is 94.5 Å². The summed E-state index contributed by atoms with van der Waals surface area (Å²) in [6.45, 7) is 4.35. The van der Waals surface area contributed by atoms with Gasteiger partial charge in [-0.25, -0.2) is 0 Å². The number of fused-ring (bicyclic) bond motifs is 3. The molecule has 2 bridgehead atoms. The Bertz CT molecular complexity index is 3190. The molecule has 31 heteroatoms. The lowest BCUT2D eigenvalue weighted by molar-refractivity contribution is -0.184. The van der Waals surface area contributed by atoms with Gasteiger partial charge < -0.3 is 69.5 Å². The topological polar surface area (TPSA) is 289 Å². The maximum atomic E-state index is 15.7. The van der Waals surface area contributed by atoms with E-state index in [0.29, 0.717) is 51.4 Å². The predicted molar refractivity (Wildman–Crippen MR) is 394 cm³/mol. The Morgan fingerprint density at radius 1 is 0.664 bits per heavy atom. The van der Waals surface area contributed by atoms with E-state index < -0.39 is 180 Å². The second kappa shape index (κ2) is 38.5. The van der Waals surface area contributed by atoms with Crippen LogP contribution in [0.2, 0.25) is 0 Å². The number of nitrogens with zero attached hydrogens (tertiary/aromatic N) is 9. The molecule has 3 unspecified atom stereocenters. The van der Waals surface area contributed by atoms with E-state index >= 15 is 38.4 Å². The third-order valence-electron chi connectivity index (χ3n) is 24.6. The number of likely N-dealkylation sites (N-methyl/N-ethyl adjacent to an activating group) is 7. The lowest BCUT2D eigenvalue weighted by atomic mass is 9.74. The monoisotopic (exact) mass is 1550 g/mol. The van der Waals surface area contributed by atoms with E-state index in [9.17, 15) is 32.3 Å². The van der Waals surface area contributed by atoms with Crippen LogP contribution in [0.15, 0.2) is 12.2 Å². The minimum Gasteiger partial charge on any atom is -0.383 e. The summed E-state index contributed by atoms with van der Waals surface area (Å²) < 4.78 is 53.9. The number of nitrogens with one attached hydrogen (secondary N) is 3. The number of methoxy groups -OCH3 is 1. The van der Waals surface area contributed by atoms with E-state index in [1.54, 1.807) is 26.0 Å². The summed E-state index contributed by atoms with van der Waals surface area (Å²) in [6, 6.07) is -10.3. The van der Waals surface area contributed by atoms with Crippen molar-refractivity contribution in [2.75, 3.05) is 102 Å². The Morgan fingerprint density at radius 2 is 1.30 bits per heavy atom. The zero-order chi connectivity index (χ0) is 78.5. The van der Waals surface area contributed by atoms with Crippen LogP contribution < -0.4 is 16.0 Å². The van der Waals surface area contributed by atoms with Crippen molar-refractivity contribution in [3.63, 3.8) is 0 Å². The SMILES string of the molecule is CCO[C@@H]1C[C@H]2C(=O)NC3(CCC3)C(=O)N(C)[C@@H](C3CCCC3)C(=O)N(C)[C@H](C(=O)N(C)CCOC)CC(=O)N(C)[C@@H](CC3CC3)C(=O)N[C@@H]([C@@H](C)CC)C(=O)N(C)CC(=O)N(C)[C@H]3C/C=C\CCN(C3=O)[C@@H](CC3CCC(C(F)(F)F)CC3)C(=O)N(C)CC(=O)N[C@@H](CCC3CCC(Cl)C(Cl)C3)C(=O)N2C1. The first kappa shape index (κ1) is 86.3. The number of hydrogen-bond acceptors (Lipinski definition) is 14. The van der Waals surface area contributed by atoms with Crippen LogP contribution in [-0.2, 0) is 67.0 Å². The van der Waals surface area contributed by atoms with Crippen LogP contribution in [-0.4, -0.2) is 294 Å². The van der Waals surface area contributed by atoms with Crippen molar-refractivity contribution in [3.05, 3.63) is 12.2 Å². The summed E-state index contributed by atoms with van der Waals surface area (Å²) in [5.41, 5.74) is -1.57. The summed E-state index contributed by atoms with van der Waals surface area (Å²) in [4.78, 5) is 194. The van der Waals surface area contributed by atoms with Gasteiger partial charge in [-0.05, 0) is 152 Å². The van der Waals surface area contributed by atoms with Gasteiger partial charge >= 0.3 is 6.18 Å². The Hall–Kier alpha value is -6.33. The predicted octanol–water partition coefficient (Wildman–Crippen LogP) is 5.87. The van der Waals surface area contributed by atoms with E-state index in [1.165, 1.54) is 90.7 Å². The van der Waals surface area contributed by atoms with Gasteiger partial charge in [0.05, 0.1) is 43.5 Å². The largest absolute Gasteiger partial charge is 0.391 e. The average Bonchev–Trinajstić information content (AvgIpc) is 1.69. The molecule has 0 aromatic rings. The first-order chi connectivity index (χ1) is 50.6. The number of carbonyl (C=O) groups is 12. The third kappa shape index (κ3) is 21.6. The summed E-state index contributed by atoms with van der Waals surface area (Å²) in [5.74, 6) is -11.0. The van der Waals surface area contributed by atoms with Crippen molar-refractivity contribution < 1.29 is 80.2 Å². The molecule has 5 saturated carbocycles. The van der Waals surface area contributed by atoms with Gasteiger partial charge in [0.25, 0.3) is 0 Å². The highest BCUT2D eigenvalue weighted by Crippen LogP contribution is 2.43. The standard InChI is InChI=1S/C76H119Cl2F3N12O14/c1-12-46(3)64-72(103)87(6)45-63(96)88(7)56-22-15-14-18-35-92(71(56)102)60(40-49-25-29-51(30-26-49)76(79,80)81)70(101)86(5)44-61(94)82-55(32-28-47-27-31-53(77)54(78)38-47)68(99)93-43-52(107-13-2)41-58(93)67(98)84-75(33-19-34-75)74(105)91(10)65(50-20-16-17-21-50)73(104)90(9)59(69(100)85(4)36-37-106-11)42-62(95)89(8)57(66(97)83-64)39-48-23-24-48/h14-15,46-60,64-65H,12-13,16-45H2,1-11H3,(H,82,94)(H,83,97)(H,84,98)/b15-14-/t46-,47?,49?,51?,52+,53?,54?,55-,56-,57-,58-,59-,60-,64-,65-/m0/s1. The molecule has 3 aliphatic heterocycles. The van der Waals surface area contributed by atoms with Crippen LogP contribution in [0.5, 0.6) is 0 Å². The van der Waals surface area contributed by atoms with E-state index in [1.807, 2.05) is 6.92 Å². The molecule has 8 aliphatic rings. The lowest BCUT2D eigenvalue weighted by Crippen LogP contribution is -2.68.